The zero-order valence-electron chi connectivity index (χ0n) is 14.8. The summed E-state index contributed by atoms with van der Waals surface area (Å²) in [5.74, 6) is 0.807. The SMILES string of the molecule is O=C(CN1CCN(C(=O)C2CCNCC2)CC1)N1CCCCCC1. The van der Waals surface area contributed by atoms with E-state index in [9.17, 15) is 9.59 Å². The van der Waals surface area contributed by atoms with Crippen LogP contribution < -0.4 is 5.32 Å². The minimum absolute atomic E-state index is 0.205. The van der Waals surface area contributed by atoms with E-state index in [1.165, 1.54) is 12.8 Å². The molecule has 3 saturated heterocycles. The molecule has 0 aromatic carbocycles. The highest BCUT2D eigenvalue weighted by Crippen LogP contribution is 2.17. The number of hydrogen-bond acceptors (Lipinski definition) is 4. The number of amides is 2. The van der Waals surface area contributed by atoms with Crippen molar-refractivity contribution in [1.29, 1.82) is 0 Å². The fourth-order valence-corrected chi connectivity index (χ4v) is 4.06. The normalized spacial score (nSPS) is 24.7. The number of nitrogens with zero attached hydrogens (tertiary/aromatic N) is 3. The molecule has 3 rings (SSSR count). The van der Waals surface area contributed by atoms with E-state index in [0.717, 1.165) is 78.0 Å². The van der Waals surface area contributed by atoms with E-state index >= 15 is 0 Å². The van der Waals surface area contributed by atoms with E-state index in [2.05, 4.69) is 10.2 Å². The molecule has 2 amide bonds. The van der Waals surface area contributed by atoms with Crippen LogP contribution in [-0.2, 0) is 9.59 Å². The second-order valence-corrected chi connectivity index (χ2v) is 7.42. The average molecular weight is 336 g/mol. The molecule has 6 heteroatoms. The van der Waals surface area contributed by atoms with Gasteiger partial charge >= 0.3 is 0 Å². The van der Waals surface area contributed by atoms with E-state index < -0.39 is 0 Å². The summed E-state index contributed by atoms with van der Waals surface area (Å²) >= 11 is 0. The number of piperidine rings is 1. The van der Waals surface area contributed by atoms with Gasteiger partial charge in [-0.15, -0.1) is 0 Å². The van der Waals surface area contributed by atoms with Gasteiger partial charge in [0.2, 0.25) is 11.8 Å². The molecule has 0 aliphatic carbocycles. The van der Waals surface area contributed by atoms with Gasteiger partial charge in [0.25, 0.3) is 0 Å². The Balaban J connectivity index is 1.41. The summed E-state index contributed by atoms with van der Waals surface area (Å²) in [5, 5.41) is 3.32. The Hall–Kier alpha value is -1.14. The Labute approximate surface area is 145 Å². The van der Waals surface area contributed by atoms with Gasteiger partial charge in [0.15, 0.2) is 0 Å². The molecule has 0 radical (unpaired) electrons. The smallest absolute Gasteiger partial charge is 0.236 e. The standard InChI is InChI=1S/C18H32N4O2/c23-17(21-9-3-1-2-4-10-21)15-20-11-13-22(14-12-20)18(24)16-5-7-19-8-6-16/h16,19H,1-15H2. The number of likely N-dealkylation sites (tertiary alicyclic amines) is 1. The third kappa shape index (κ3) is 4.70. The van der Waals surface area contributed by atoms with Gasteiger partial charge in [0.05, 0.1) is 6.54 Å². The summed E-state index contributed by atoms with van der Waals surface area (Å²) in [5.41, 5.74) is 0. The van der Waals surface area contributed by atoms with Gasteiger partial charge in [0, 0.05) is 45.2 Å². The van der Waals surface area contributed by atoms with Crippen LogP contribution in [0.4, 0.5) is 0 Å². The Kier molecular flexibility index (Phi) is 6.49. The van der Waals surface area contributed by atoms with Crippen LogP contribution in [0.25, 0.3) is 0 Å². The second kappa shape index (κ2) is 8.81. The average Bonchev–Trinajstić information content (AvgIpc) is 2.92. The summed E-state index contributed by atoms with van der Waals surface area (Å²) in [6, 6.07) is 0. The molecule has 0 aromatic rings. The highest BCUT2D eigenvalue weighted by atomic mass is 16.2. The third-order valence-electron chi connectivity index (χ3n) is 5.69. The monoisotopic (exact) mass is 336 g/mol. The van der Waals surface area contributed by atoms with Crippen LogP contribution in [0.5, 0.6) is 0 Å². The van der Waals surface area contributed by atoms with Crippen molar-refractivity contribution in [2.75, 3.05) is 58.9 Å². The van der Waals surface area contributed by atoms with Gasteiger partial charge in [-0.25, -0.2) is 0 Å². The van der Waals surface area contributed by atoms with Gasteiger partial charge in [-0.05, 0) is 38.8 Å². The van der Waals surface area contributed by atoms with E-state index in [-0.39, 0.29) is 11.8 Å². The number of carbonyl (C=O) groups excluding carboxylic acids is 2. The first-order chi connectivity index (χ1) is 11.7. The van der Waals surface area contributed by atoms with Crippen molar-refractivity contribution >= 4 is 11.8 Å². The topological polar surface area (TPSA) is 55.9 Å². The lowest BCUT2D eigenvalue weighted by atomic mass is 9.96. The van der Waals surface area contributed by atoms with Crippen molar-refractivity contribution in [2.24, 2.45) is 5.92 Å². The zero-order valence-corrected chi connectivity index (χ0v) is 14.8. The first-order valence-electron chi connectivity index (χ1n) is 9.73. The van der Waals surface area contributed by atoms with Crippen molar-refractivity contribution < 1.29 is 9.59 Å². The van der Waals surface area contributed by atoms with Crippen molar-refractivity contribution in [3.63, 3.8) is 0 Å². The first kappa shape index (κ1) is 17.7. The Morgan fingerprint density at radius 1 is 0.792 bits per heavy atom. The summed E-state index contributed by atoms with van der Waals surface area (Å²) < 4.78 is 0. The molecule has 1 N–H and O–H groups in total. The fraction of sp³-hybridized carbons (Fsp3) is 0.889. The number of piperazine rings is 1. The molecular weight excluding hydrogens is 304 g/mol. The Bertz CT molecular complexity index is 421. The second-order valence-electron chi connectivity index (χ2n) is 7.42. The van der Waals surface area contributed by atoms with Crippen LogP contribution in [-0.4, -0.2) is 85.4 Å². The van der Waals surface area contributed by atoms with Crippen molar-refractivity contribution in [3.8, 4) is 0 Å². The zero-order chi connectivity index (χ0) is 16.8. The van der Waals surface area contributed by atoms with E-state index in [0.29, 0.717) is 12.5 Å². The number of rotatable bonds is 3. The number of hydrogen-bond donors (Lipinski definition) is 1. The molecule has 3 aliphatic rings. The van der Waals surface area contributed by atoms with Crippen molar-refractivity contribution in [1.82, 2.24) is 20.0 Å². The molecule has 0 atom stereocenters. The minimum Gasteiger partial charge on any atom is -0.342 e. The van der Waals surface area contributed by atoms with Crippen LogP contribution in [0.2, 0.25) is 0 Å². The molecule has 3 heterocycles. The molecule has 6 nitrogen and oxygen atoms in total. The van der Waals surface area contributed by atoms with E-state index in [1.54, 1.807) is 0 Å². The van der Waals surface area contributed by atoms with Crippen LogP contribution in [0.15, 0.2) is 0 Å². The lowest BCUT2D eigenvalue weighted by Crippen LogP contribution is -2.53. The van der Waals surface area contributed by atoms with Gasteiger partial charge in [-0.2, -0.15) is 0 Å². The number of carbonyl (C=O) groups is 2. The third-order valence-corrected chi connectivity index (χ3v) is 5.69. The maximum absolute atomic E-state index is 12.6. The number of nitrogens with one attached hydrogen (secondary N) is 1. The molecule has 24 heavy (non-hydrogen) atoms. The lowest BCUT2D eigenvalue weighted by molar-refractivity contribution is -0.139. The predicted molar refractivity (Wildman–Crippen MR) is 93.7 cm³/mol. The van der Waals surface area contributed by atoms with Gasteiger partial charge in [-0.1, -0.05) is 12.8 Å². The molecule has 0 bridgehead atoms. The highest BCUT2D eigenvalue weighted by molar-refractivity contribution is 5.79. The van der Waals surface area contributed by atoms with Gasteiger partial charge < -0.3 is 15.1 Å². The van der Waals surface area contributed by atoms with E-state index in [4.69, 9.17) is 0 Å². The van der Waals surface area contributed by atoms with Crippen molar-refractivity contribution in [3.05, 3.63) is 0 Å². The molecule has 0 aromatic heterocycles. The van der Waals surface area contributed by atoms with Crippen LogP contribution in [0.1, 0.15) is 38.5 Å². The van der Waals surface area contributed by atoms with E-state index in [1.807, 2.05) is 9.80 Å². The molecule has 3 fully saturated rings. The molecule has 0 spiro atoms. The molecule has 0 saturated carbocycles. The summed E-state index contributed by atoms with van der Waals surface area (Å²) in [6.45, 7) is 7.50. The molecule has 136 valence electrons. The molecular formula is C18H32N4O2. The maximum atomic E-state index is 12.6. The minimum atomic E-state index is 0.205. The van der Waals surface area contributed by atoms with Crippen LogP contribution in [0.3, 0.4) is 0 Å². The molecule has 0 unspecified atom stereocenters. The summed E-state index contributed by atoms with van der Waals surface area (Å²) in [6.07, 6.45) is 6.72. The van der Waals surface area contributed by atoms with Gasteiger partial charge in [0.1, 0.15) is 0 Å². The first-order valence-corrected chi connectivity index (χ1v) is 9.73. The lowest BCUT2D eigenvalue weighted by Gasteiger charge is -2.37. The van der Waals surface area contributed by atoms with Crippen LogP contribution >= 0.6 is 0 Å². The van der Waals surface area contributed by atoms with Gasteiger partial charge in [-0.3, -0.25) is 14.5 Å². The fourth-order valence-electron chi connectivity index (χ4n) is 4.06. The summed E-state index contributed by atoms with van der Waals surface area (Å²) in [7, 11) is 0. The quantitative estimate of drug-likeness (QED) is 0.817. The Morgan fingerprint density at radius 2 is 1.42 bits per heavy atom. The maximum Gasteiger partial charge on any atom is 0.236 e. The predicted octanol–water partition coefficient (Wildman–Crippen LogP) is 0.533. The van der Waals surface area contributed by atoms with Crippen molar-refractivity contribution in [2.45, 2.75) is 38.5 Å². The largest absolute Gasteiger partial charge is 0.342 e. The highest BCUT2D eigenvalue weighted by Gasteiger charge is 2.29. The van der Waals surface area contributed by atoms with Crippen LogP contribution in [0, 0.1) is 5.92 Å². The Morgan fingerprint density at radius 3 is 2.04 bits per heavy atom. The molecule has 3 aliphatic heterocycles. The summed E-state index contributed by atoms with van der Waals surface area (Å²) in [4.78, 5) is 31.3.